The first kappa shape index (κ1) is 16.6. The Bertz CT molecular complexity index is 534. The summed E-state index contributed by atoms with van der Waals surface area (Å²) in [7, 11) is -0.261. The van der Waals surface area contributed by atoms with Crippen LogP contribution in [0.2, 0.25) is 0 Å². The maximum atomic E-state index is 12.2. The zero-order valence-corrected chi connectivity index (χ0v) is 13.0. The van der Waals surface area contributed by atoms with E-state index >= 15 is 0 Å². The Morgan fingerprint density at radius 3 is 2.15 bits per heavy atom. The van der Waals surface area contributed by atoms with Crippen LogP contribution in [0.3, 0.4) is 0 Å². The van der Waals surface area contributed by atoms with Crippen molar-refractivity contribution in [3.8, 4) is 23.1 Å². The van der Waals surface area contributed by atoms with Crippen LogP contribution in [0.4, 0.5) is 0 Å². The molecule has 1 rings (SSSR count). The lowest BCUT2D eigenvalue weighted by Gasteiger charge is -2.10. The van der Waals surface area contributed by atoms with Gasteiger partial charge in [-0.05, 0) is 32.0 Å². The van der Waals surface area contributed by atoms with Crippen molar-refractivity contribution >= 4 is 7.60 Å². The highest BCUT2D eigenvalue weighted by Crippen LogP contribution is 2.46. The van der Waals surface area contributed by atoms with E-state index in [0.717, 1.165) is 0 Å². The molecule has 0 saturated heterocycles. The predicted octanol–water partition coefficient (Wildman–Crippen LogP) is 3.28. The van der Waals surface area contributed by atoms with Gasteiger partial charge in [-0.2, -0.15) is 0 Å². The molecule has 0 radical (unpaired) electrons. The molecule has 20 heavy (non-hydrogen) atoms. The van der Waals surface area contributed by atoms with E-state index in [1.165, 1.54) is 0 Å². The number of benzene rings is 1. The standard InChI is InChI=1S/C14H19O5P/c1-5-18-20(15,19-6-2)10-9-12-7-8-13(16-3)14(11-12)17-4/h7-8,11H,5-6H2,1-4H3. The van der Waals surface area contributed by atoms with E-state index in [4.69, 9.17) is 18.5 Å². The highest BCUT2D eigenvalue weighted by molar-refractivity contribution is 7.59. The maximum absolute atomic E-state index is 12.2. The van der Waals surface area contributed by atoms with Crippen molar-refractivity contribution in [2.75, 3.05) is 27.4 Å². The van der Waals surface area contributed by atoms with E-state index < -0.39 is 7.60 Å². The summed E-state index contributed by atoms with van der Waals surface area (Å²) in [6, 6.07) is 5.18. The molecule has 110 valence electrons. The highest BCUT2D eigenvalue weighted by Gasteiger charge is 2.19. The summed E-state index contributed by atoms with van der Waals surface area (Å²) in [6.45, 7) is 4.03. The molecule has 1 aromatic rings. The Morgan fingerprint density at radius 2 is 1.65 bits per heavy atom. The van der Waals surface area contributed by atoms with Gasteiger partial charge in [0.2, 0.25) is 0 Å². The summed E-state index contributed by atoms with van der Waals surface area (Å²) >= 11 is 0. The summed E-state index contributed by atoms with van der Waals surface area (Å²) in [6.07, 6.45) is 0. The number of rotatable bonds is 6. The summed E-state index contributed by atoms with van der Waals surface area (Å²) in [5, 5.41) is 0. The number of hydrogen-bond donors (Lipinski definition) is 0. The molecule has 0 atom stereocenters. The van der Waals surface area contributed by atoms with Gasteiger partial charge in [-0.25, -0.2) is 4.57 Å². The fraction of sp³-hybridized carbons (Fsp3) is 0.429. The maximum Gasteiger partial charge on any atom is 0.405 e. The van der Waals surface area contributed by atoms with Gasteiger partial charge in [-0.1, -0.05) is 5.92 Å². The summed E-state index contributed by atoms with van der Waals surface area (Å²) < 4.78 is 32.7. The molecule has 0 unspecified atom stereocenters. The molecule has 0 aliphatic heterocycles. The fourth-order valence-corrected chi connectivity index (χ4v) is 2.64. The molecule has 0 aliphatic carbocycles. The second kappa shape index (κ2) is 7.96. The third kappa shape index (κ3) is 4.57. The van der Waals surface area contributed by atoms with Gasteiger partial charge in [0.25, 0.3) is 0 Å². The Kier molecular flexibility index (Phi) is 6.60. The molecule has 0 fully saturated rings. The smallest absolute Gasteiger partial charge is 0.405 e. The van der Waals surface area contributed by atoms with Crippen molar-refractivity contribution in [2.45, 2.75) is 13.8 Å². The fourth-order valence-electron chi connectivity index (χ4n) is 1.49. The minimum absolute atomic E-state index is 0.276. The zero-order valence-electron chi connectivity index (χ0n) is 12.1. The topological polar surface area (TPSA) is 54.0 Å². The molecule has 0 saturated carbocycles. The first-order chi connectivity index (χ1) is 9.58. The number of hydrogen-bond acceptors (Lipinski definition) is 5. The Hall–Kier alpha value is -1.47. The first-order valence-electron chi connectivity index (χ1n) is 6.23. The molecule has 0 heterocycles. The van der Waals surface area contributed by atoms with E-state index in [0.29, 0.717) is 17.1 Å². The van der Waals surface area contributed by atoms with E-state index in [-0.39, 0.29) is 13.2 Å². The minimum atomic E-state index is -3.36. The lowest BCUT2D eigenvalue weighted by molar-refractivity contribution is 0.230. The lowest BCUT2D eigenvalue weighted by Crippen LogP contribution is -1.93. The monoisotopic (exact) mass is 298 g/mol. The average Bonchev–Trinajstić information content (AvgIpc) is 2.45. The molecule has 0 aliphatic rings. The SMILES string of the molecule is CCOP(=O)(C#Cc1ccc(OC)c(OC)c1)OCC. The molecular weight excluding hydrogens is 279 g/mol. The molecule has 0 bridgehead atoms. The molecule has 5 nitrogen and oxygen atoms in total. The van der Waals surface area contributed by atoms with Gasteiger partial charge in [0.15, 0.2) is 11.5 Å². The van der Waals surface area contributed by atoms with Gasteiger partial charge in [0, 0.05) is 11.2 Å². The second-order valence-electron chi connectivity index (χ2n) is 3.64. The quantitative estimate of drug-likeness (QED) is 0.596. The summed E-state index contributed by atoms with van der Waals surface area (Å²) in [5.41, 5.74) is 3.21. The molecule has 0 aromatic heterocycles. The largest absolute Gasteiger partial charge is 0.493 e. The normalized spacial score (nSPS) is 10.6. The molecular formula is C14H19O5P. The van der Waals surface area contributed by atoms with Gasteiger partial charge < -0.3 is 9.47 Å². The Labute approximate surface area is 119 Å². The summed E-state index contributed by atoms with van der Waals surface area (Å²) in [5.74, 6) is 3.95. The highest BCUT2D eigenvalue weighted by atomic mass is 31.2. The van der Waals surface area contributed by atoms with Gasteiger partial charge in [-0.15, -0.1) is 0 Å². The minimum Gasteiger partial charge on any atom is -0.493 e. The van der Waals surface area contributed by atoms with Crippen LogP contribution in [-0.4, -0.2) is 27.4 Å². The predicted molar refractivity (Wildman–Crippen MR) is 77.3 cm³/mol. The van der Waals surface area contributed by atoms with Gasteiger partial charge in [0.05, 0.1) is 27.4 Å². The van der Waals surface area contributed by atoms with Gasteiger partial charge >= 0.3 is 7.60 Å². The van der Waals surface area contributed by atoms with Crippen LogP contribution in [0.5, 0.6) is 11.5 Å². The van der Waals surface area contributed by atoms with Crippen LogP contribution in [-0.2, 0) is 13.6 Å². The summed E-state index contributed by atoms with van der Waals surface area (Å²) in [4.78, 5) is 0. The molecule has 1 aromatic carbocycles. The van der Waals surface area contributed by atoms with Crippen LogP contribution in [0.15, 0.2) is 18.2 Å². The van der Waals surface area contributed by atoms with Crippen molar-refractivity contribution in [2.24, 2.45) is 0 Å². The van der Waals surface area contributed by atoms with Gasteiger partial charge in [-0.3, -0.25) is 9.05 Å². The van der Waals surface area contributed by atoms with Crippen molar-refractivity contribution in [1.29, 1.82) is 0 Å². The molecule has 6 heteroatoms. The van der Waals surface area contributed by atoms with Crippen LogP contribution < -0.4 is 9.47 Å². The van der Waals surface area contributed by atoms with Crippen molar-refractivity contribution < 1.29 is 23.1 Å². The Morgan fingerprint density at radius 1 is 1.05 bits per heavy atom. The van der Waals surface area contributed by atoms with Crippen molar-refractivity contribution in [1.82, 2.24) is 0 Å². The zero-order chi connectivity index (χ0) is 15.0. The first-order valence-corrected chi connectivity index (χ1v) is 7.77. The van der Waals surface area contributed by atoms with Crippen molar-refractivity contribution in [3.05, 3.63) is 23.8 Å². The second-order valence-corrected chi connectivity index (χ2v) is 5.37. The Balaban J connectivity index is 3.03. The van der Waals surface area contributed by atoms with Crippen LogP contribution in [0.25, 0.3) is 0 Å². The van der Waals surface area contributed by atoms with Crippen LogP contribution in [0.1, 0.15) is 19.4 Å². The van der Waals surface area contributed by atoms with Crippen molar-refractivity contribution in [3.63, 3.8) is 0 Å². The third-order valence-corrected chi connectivity index (χ3v) is 3.90. The number of methoxy groups -OCH3 is 2. The molecule has 0 amide bonds. The van der Waals surface area contributed by atoms with E-state index in [2.05, 4.69) is 11.6 Å². The molecule has 0 N–H and O–H groups in total. The average molecular weight is 298 g/mol. The van der Waals surface area contributed by atoms with E-state index in [1.54, 1.807) is 46.3 Å². The van der Waals surface area contributed by atoms with Crippen LogP contribution in [0, 0.1) is 11.6 Å². The van der Waals surface area contributed by atoms with Crippen LogP contribution >= 0.6 is 7.60 Å². The van der Waals surface area contributed by atoms with E-state index in [9.17, 15) is 4.57 Å². The number of ether oxygens (including phenoxy) is 2. The van der Waals surface area contributed by atoms with E-state index in [1.807, 2.05) is 0 Å². The molecule has 0 spiro atoms. The lowest BCUT2D eigenvalue weighted by atomic mass is 10.2. The van der Waals surface area contributed by atoms with Gasteiger partial charge in [0.1, 0.15) is 0 Å². The third-order valence-electron chi connectivity index (χ3n) is 2.32.